The maximum atomic E-state index is 11.6. The minimum Gasteiger partial charge on any atom is -0.394 e. The van der Waals surface area contributed by atoms with Gasteiger partial charge in [-0.3, -0.25) is 14.4 Å². The first-order valence-electron chi connectivity index (χ1n) is 9.27. The highest BCUT2D eigenvalue weighted by Gasteiger charge is 2.53. The van der Waals surface area contributed by atoms with Crippen molar-refractivity contribution in [2.24, 2.45) is 0 Å². The number of carbonyl (C=O) groups excluding carboxylic acids is 2. The fourth-order valence-corrected chi connectivity index (χ4v) is 3.70. The van der Waals surface area contributed by atoms with E-state index in [1.165, 1.54) is 13.8 Å². The molecule has 0 saturated carbocycles. The van der Waals surface area contributed by atoms with Crippen LogP contribution in [0.4, 0.5) is 0 Å². The molecule has 3 heterocycles. The molecule has 0 aromatic rings. The van der Waals surface area contributed by atoms with Gasteiger partial charge in [-0.2, -0.15) is 5.48 Å². The minimum atomic E-state index is -1.50. The van der Waals surface area contributed by atoms with Crippen molar-refractivity contribution >= 4 is 11.8 Å². The fraction of sp³-hybridized carbons (Fsp3) is 0.875. The molecule has 2 amide bonds. The van der Waals surface area contributed by atoms with E-state index in [1.54, 1.807) is 0 Å². The number of aliphatic hydroxyl groups excluding tert-OH is 4. The van der Waals surface area contributed by atoms with E-state index in [1.807, 2.05) is 0 Å². The number of hydroxylamine groups is 1. The van der Waals surface area contributed by atoms with Crippen molar-refractivity contribution in [3.05, 3.63) is 0 Å². The molecular weight excluding hydrogens is 394 g/mol. The Labute approximate surface area is 166 Å². The molecule has 3 fully saturated rings. The molecule has 3 aliphatic rings. The Morgan fingerprint density at radius 2 is 1.69 bits per heavy atom. The Morgan fingerprint density at radius 1 is 1.03 bits per heavy atom. The zero-order valence-electron chi connectivity index (χ0n) is 15.9. The molecule has 0 radical (unpaired) electrons. The lowest BCUT2D eigenvalue weighted by atomic mass is 9.94. The van der Waals surface area contributed by atoms with Gasteiger partial charge >= 0.3 is 0 Å². The summed E-state index contributed by atoms with van der Waals surface area (Å²) in [6, 6.07) is -2.14. The lowest BCUT2D eigenvalue weighted by Crippen LogP contribution is -2.71. The largest absolute Gasteiger partial charge is 0.394 e. The topological polar surface area (TPSA) is 188 Å². The minimum absolute atomic E-state index is 0.150. The maximum absolute atomic E-state index is 11.6. The number of amides is 2. The normalized spacial score (nSPS) is 44.8. The maximum Gasteiger partial charge on any atom is 0.217 e. The highest BCUT2D eigenvalue weighted by Crippen LogP contribution is 2.30. The van der Waals surface area contributed by atoms with Gasteiger partial charge in [0, 0.05) is 13.8 Å². The second kappa shape index (κ2) is 9.16. The zero-order valence-corrected chi connectivity index (χ0v) is 15.9. The van der Waals surface area contributed by atoms with E-state index in [4.69, 9.17) is 19.0 Å². The first-order valence-corrected chi connectivity index (χ1v) is 9.27. The molecule has 7 N–H and O–H groups in total. The monoisotopic (exact) mass is 421 g/mol. The summed E-state index contributed by atoms with van der Waals surface area (Å²) in [5, 5.41) is 45.7. The average molecular weight is 421 g/mol. The molecule has 29 heavy (non-hydrogen) atoms. The predicted molar refractivity (Wildman–Crippen MR) is 91.6 cm³/mol. The van der Waals surface area contributed by atoms with Crippen molar-refractivity contribution in [1.29, 1.82) is 0 Å². The van der Waals surface area contributed by atoms with Gasteiger partial charge in [0.25, 0.3) is 0 Å². The van der Waals surface area contributed by atoms with Crippen molar-refractivity contribution in [2.45, 2.75) is 75.1 Å². The fourth-order valence-electron chi connectivity index (χ4n) is 3.70. The van der Waals surface area contributed by atoms with E-state index in [0.29, 0.717) is 0 Å². The van der Waals surface area contributed by atoms with Gasteiger partial charge in [0.1, 0.15) is 48.7 Å². The first kappa shape index (κ1) is 22.3. The Morgan fingerprint density at radius 3 is 2.31 bits per heavy atom. The van der Waals surface area contributed by atoms with Crippen LogP contribution in [0.2, 0.25) is 0 Å². The number of nitrogens with one attached hydrogen (secondary N) is 3. The number of hydrogen-bond acceptors (Lipinski definition) is 11. The molecular formula is C16H27N3O10. The summed E-state index contributed by atoms with van der Waals surface area (Å²) in [6.07, 6.45) is -9.45. The number of fused-ring (bicyclic) bond motifs is 2. The van der Waals surface area contributed by atoms with Gasteiger partial charge in [0.05, 0.1) is 13.2 Å². The standard InChI is InChI=1S/C16H27N3O10/c1-5(21)18-9-12(24)11(23)8(4-20)27-15(9)28-14-7-3-17-29-16(26-7)10(13(14)25)19-6(2)22/h7-17,20,23-25H,3-4H2,1-2H3,(H,18,21)(H,19,22)/t7-,8-,9-,10-,11-,12-,13-,14-,15+,16-/m1/s1. The van der Waals surface area contributed by atoms with Crippen molar-refractivity contribution in [3.8, 4) is 0 Å². The van der Waals surface area contributed by atoms with E-state index in [-0.39, 0.29) is 6.54 Å². The van der Waals surface area contributed by atoms with Crippen molar-refractivity contribution in [2.75, 3.05) is 13.2 Å². The van der Waals surface area contributed by atoms with Crippen molar-refractivity contribution in [1.82, 2.24) is 16.1 Å². The summed E-state index contributed by atoms with van der Waals surface area (Å²) >= 11 is 0. The van der Waals surface area contributed by atoms with E-state index in [2.05, 4.69) is 16.1 Å². The van der Waals surface area contributed by atoms with Crippen LogP contribution >= 0.6 is 0 Å². The Hall–Kier alpha value is -1.42. The molecule has 3 aliphatic heterocycles. The molecule has 3 rings (SSSR count). The number of rotatable bonds is 5. The van der Waals surface area contributed by atoms with E-state index < -0.39 is 79.7 Å². The van der Waals surface area contributed by atoms with Crippen LogP contribution in [-0.2, 0) is 28.6 Å². The van der Waals surface area contributed by atoms with Crippen molar-refractivity contribution in [3.63, 3.8) is 0 Å². The zero-order chi connectivity index (χ0) is 21.3. The summed E-state index contributed by atoms with van der Waals surface area (Å²) in [6.45, 7) is 2.03. The summed E-state index contributed by atoms with van der Waals surface area (Å²) in [5.41, 5.74) is 2.65. The molecule has 3 saturated heterocycles. The van der Waals surface area contributed by atoms with Crippen LogP contribution in [0.1, 0.15) is 13.8 Å². The van der Waals surface area contributed by atoms with Gasteiger partial charge in [0.15, 0.2) is 6.29 Å². The molecule has 0 aromatic heterocycles. The summed E-state index contributed by atoms with van der Waals surface area (Å²) in [7, 11) is 0. The molecule has 0 spiro atoms. The Bertz CT molecular complexity index is 609. The van der Waals surface area contributed by atoms with Crippen LogP contribution in [0, 0.1) is 0 Å². The van der Waals surface area contributed by atoms with Gasteiger partial charge in [-0.25, -0.2) is 0 Å². The molecule has 13 heteroatoms. The van der Waals surface area contributed by atoms with Gasteiger partial charge in [-0.15, -0.1) is 0 Å². The molecule has 166 valence electrons. The quantitative estimate of drug-likeness (QED) is 0.226. The first-order chi connectivity index (χ1) is 13.7. The molecule has 0 aliphatic carbocycles. The molecule has 0 aromatic carbocycles. The molecule has 2 bridgehead atoms. The number of hydrogen-bond donors (Lipinski definition) is 7. The van der Waals surface area contributed by atoms with E-state index in [9.17, 15) is 30.0 Å². The predicted octanol–water partition coefficient (Wildman–Crippen LogP) is -4.56. The van der Waals surface area contributed by atoms with Gasteiger partial charge in [-0.05, 0) is 0 Å². The summed E-state index contributed by atoms with van der Waals surface area (Å²) in [4.78, 5) is 28.3. The SMILES string of the molecule is CC(=O)N[C@H]1[C@H]2ONC[C@@H](O2)[C@@H](O[C@@H]2O[C@H](CO)[C@@H](O)[C@H](O)[C@H]2NC(C)=O)[C@@H]1O. The van der Waals surface area contributed by atoms with Crippen LogP contribution in [-0.4, -0.2) is 107 Å². The van der Waals surface area contributed by atoms with Crippen LogP contribution < -0.4 is 16.1 Å². The van der Waals surface area contributed by atoms with Crippen LogP contribution in [0.5, 0.6) is 0 Å². The third kappa shape index (κ3) is 4.68. The summed E-state index contributed by atoms with van der Waals surface area (Å²) < 4.78 is 17.1. The summed E-state index contributed by atoms with van der Waals surface area (Å²) in [5.74, 6) is -0.932. The number of aliphatic hydroxyl groups is 4. The lowest BCUT2D eigenvalue weighted by Gasteiger charge is -2.49. The third-order valence-electron chi connectivity index (χ3n) is 5.07. The smallest absolute Gasteiger partial charge is 0.217 e. The van der Waals surface area contributed by atoms with Crippen molar-refractivity contribution < 1.29 is 49.1 Å². The number of ether oxygens (including phenoxy) is 3. The highest BCUT2D eigenvalue weighted by atomic mass is 16.8. The second-order valence-electron chi connectivity index (χ2n) is 7.26. The van der Waals surface area contributed by atoms with Gasteiger partial charge < -0.3 is 45.3 Å². The van der Waals surface area contributed by atoms with E-state index in [0.717, 1.165) is 0 Å². The van der Waals surface area contributed by atoms with Crippen LogP contribution in [0.25, 0.3) is 0 Å². The average Bonchev–Trinajstić information content (AvgIpc) is 2.67. The Kier molecular flexibility index (Phi) is 7.03. The molecule has 10 atom stereocenters. The lowest BCUT2D eigenvalue weighted by molar-refractivity contribution is -0.353. The van der Waals surface area contributed by atoms with Gasteiger partial charge in [-0.1, -0.05) is 0 Å². The highest BCUT2D eigenvalue weighted by molar-refractivity contribution is 5.73. The third-order valence-corrected chi connectivity index (χ3v) is 5.07. The van der Waals surface area contributed by atoms with Crippen LogP contribution in [0.3, 0.4) is 0 Å². The molecule has 13 nitrogen and oxygen atoms in total. The van der Waals surface area contributed by atoms with Crippen LogP contribution in [0.15, 0.2) is 0 Å². The molecule has 0 unspecified atom stereocenters. The van der Waals surface area contributed by atoms with Gasteiger partial charge in [0.2, 0.25) is 18.1 Å². The number of carbonyl (C=O) groups is 2. The second-order valence-corrected chi connectivity index (χ2v) is 7.26. The van der Waals surface area contributed by atoms with E-state index >= 15 is 0 Å². The Balaban J connectivity index is 1.81.